The number of carbonyl (C=O) groups is 4. The maximum absolute atomic E-state index is 12.5. The van der Waals surface area contributed by atoms with Crippen molar-refractivity contribution >= 4 is 23.8 Å². The Hall–Kier alpha value is -2.26. The zero-order chi connectivity index (χ0) is 19.8. The summed E-state index contributed by atoms with van der Waals surface area (Å²) in [5.41, 5.74) is -1.36. The van der Waals surface area contributed by atoms with Crippen LogP contribution in [0.15, 0.2) is 12.2 Å². The summed E-state index contributed by atoms with van der Waals surface area (Å²) in [4.78, 5) is 49.2. The summed E-state index contributed by atoms with van der Waals surface area (Å²) in [6.45, 7) is 1.92. The summed E-state index contributed by atoms with van der Waals surface area (Å²) < 4.78 is 15.5. The largest absolute Gasteiger partial charge is 0.465 e. The molecule has 3 aliphatic rings. The molecule has 27 heavy (non-hydrogen) atoms. The Bertz CT molecular complexity index is 659. The van der Waals surface area contributed by atoms with Gasteiger partial charge in [-0.15, -0.1) is 0 Å². The number of carbonyl (C=O) groups excluding carboxylic acids is 4. The molecule has 0 radical (unpaired) electrons. The highest BCUT2D eigenvalue weighted by atomic mass is 16.6. The molecule has 2 fully saturated rings. The lowest BCUT2D eigenvalue weighted by atomic mass is 9.85. The first-order chi connectivity index (χ1) is 12.8. The van der Waals surface area contributed by atoms with Gasteiger partial charge in [0.25, 0.3) is 0 Å². The molecule has 0 aromatic heterocycles. The molecule has 3 heterocycles. The molecule has 5 unspecified atom stereocenters. The van der Waals surface area contributed by atoms with E-state index in [1.165, 1.54) is 18.7 Å². The van der Waals surface area contributed by atoms with Crippen molar-refractivity contribution in [3.63, 3.8) is 0 Å². The average Bonchev–Trinajstić information content (AvgIpc) is 3.31. The fraction of sp³-hybridized carbons (Fsp3) is 0.667. The Labute approximate surface area is 156 Å². The van der Waals surface area contributed by atoms with Crippen LogP contribution < -0.4 is 0 Å². The van der Waals surface area contributed by atoms with E-state index in [0.29, 0.717) is 0 Å². The lowest BCUT2D eigenvalue weighted by molar-refractivity contribution is -0.165. The summed E-state index contributed by atoms with van der Waals surface area (Å²) in [5.74, 6) is -2.66. The number of likely N-dealkylation sites (tertiary alicyclic amines) is 1. The fourth-order valence-electron chi connectivity index (χ4n) is 3.58. The minimum absolute atomic E-state index is 0.0253. The number of fused-ring (bicyclic) bond motifs is 5. The number of aliphatic hydroxyl groups excluding tert-OH is 1. The summed E-state index contributed by atoms with van der Waals surface area (Å²) in [6.07, 6.45) is 3.26. The molecule has 2 amide bonds. The van der Waals surface area contributed by atoms with Crippen molar-refractivity contribution in [2.75, 3.05) is 26.4 Å². The number of hydrogen-bond acceptors (Lipinski definition) is 8. The van der Waals surface area contributed by atoms with Gasteiger partial charge in [0.1, 0.15) is 12.0 Å². The molecule has 3 rings (SSSR count). The van der Waals surface area contributed by atoms with Gasteiger partial charge in [0, 0.05) is 13.5 Å². The Morgan fingerprint density at radius 3 is 2.30 bits per heavy atom. The Morgan fingerprint density at radius 1 is 1.19 bits per heavy atom. The van der Waals surface area contributed by atoms with Gasteiger partial charge >= 0.3 is 11.9 Å². The SMILES string of the molecule is CC(=O)OCC(C)(CO)C(=O)OCCCN1C(=O)C2C3C=CC(O3)C2C1=O. The number of ether oxygens (including phenoxy) is 3. The summed E-state index contributed by atoms with van der Waals surface area (Å²) in [7, 11) is 0. The van der Waals surface area contributed by atoms with Crippen LogP contribution in [0.25, 0.3) is 0 Å². The molecule has 9 heteroatoms. The molecule has 5 atom stereocenters. The molecule has 1 N–H and O–H groups in total. The molecule has 0 aromatic rings. The first-order valence-electron chi connectivity index (χ1n) is 8.89. The molecule has 2 saturated heterocycles. The summed E-state index contributed by atoms with van der Waals surface area (Å²) >= 11 is 0. The molecular formula is C18H23NO8. The van der Waals surface area contributed by atoms with E-state index in [9.17, 15) is 24.3 Å². The van der Waals surface area contributed by atoms with Crippen molar-refractivity contribution in [2.45, 2.75) is 32.5 Å². The lowest BCUT2D eigenvalue weighted by Gasteiger charge is -2.24. The van der Waals surface area contributed by atoms with Crippen molar-refractivity contribution in [1.82, 2.24) is 4.90 Å². The average molecular weight is 381 g/mol. The molecule has 0 aliphatic carbocycles. The van der Waals surface area contributed by atoms with Crippen molar-refractivity contribution in [1.29, 1.82) is 0 Å². The van der Waals surface area contributed by atoms with Crippen LogP contribution >= 0.6 is 0 Å². The first kappa shape index (κ1) is 19.5. The van der Waals surface area contributed by atoms with Crippen molar-refractivity contribution in [3.8, 4) is 0 Å². The van der Waals surface area contributed by atoms with Crippen LogP contribution in [0.5, 0.6) is 0 Å². The molecule has 2 bridgehead atoms. The van der Waals surface area contributed by atoms with Crippen LogP contribution in [-0.4, -0.2) is 72.3 Å². The minimum Gasteiger partial charge on any atom is -0.465 e. The van der Waals surface area contributed by atoms with E-state index in [1.807, 2.05) is 12.2 Å². The Kier molecular flexibility index (Phi) is 5.34. The number of esters is 2. The Morgan fingerprint density at radius 2 is 1.78 bits per heavy atom. The maximum atomic E-state index is 12.5. The van der Waals surface area contributed by atoms with Crippen LogP contribution in [0, 0.1) is 17.3 Å². The normalized spacial score (nSPS) is 30.4. The number of nitrogens with zero attached hydrogens (tertiary/aromatic N) is 1. The molecule has 9 nitrogen and oxygen atoms in total. The molecule has 0 spiro atoms. The predicted octanol–water partition coefficient (Wildman–Crippen LogP) is -0.580. The van der Waals surface area contributed by atoms with Crippen molar-refractivity contribution < 1.29 is 38.5 Å². The van der Waals surface area contributed by atoms with E-state index in [2.05, 4.69) is 0 Å². The zero-order valence-electron chi connectivity index (χ0n) is 15.3. The molecule has 0 saturated carbocycles. The van der Waals surface area contributed by atoms with E-state index in [1.54, 1.807) is 0 Å². The van der Waals surface area contributed by atoms with Gasteiger partial charge in [-0.25, -0.2) is 0 Å². The second-order valence-electron chi connectivity index (χ2n) is 7.32. The van der Waals surface area contributed by atoms with Gasteiger partial charge in [0.2, 0.25) is 11.8 Å². The van der Waals surface area contributed by atoms with Crippen LogP contribution in [0.2, 0.25) is 0 Å². The molecular weight excluding hydrogens is 358 g/mol. The standard InChI is InChI=1S/C18H23NO8/c1-10(21)26-9-18(2,8-20)17(24)25-7-3-6-19-15(22)13-11-4-5-12(27-11)14(13)16(19)23/h4-5,11-14,20H,3,6-9H2,1-2H3. The third-order valence-electron chi connectivity index (χ3n) is 5.20. The summed E-state index contributed by atoms with van der Waals surface area (Å²) in [6, 6.07) is 0. The second kappa shape index (κ2) is 7.40. The van der Waals surface area contributed by atoms with E-state index in [0.717, 1.165) is 0 Å². The van der Waals surface area contributed by atoms with Crippen molar-refractivity contribution in [2.24, 2.45) is 17.3 Å². The van der Waals surface area contributed by atoms with Gasteiger partial charge in [-0.05, 0) is 13.3 Å². The zero-order valence-corrected chi connectivity index (χ0v) is 15.3. The second-order valence-corrected chi connectivity index (χ2v) is 7.32. The Balaban J connectivity index is 1.46. The minimum atomic E-state index is -1.36. The highest BCUT2D eigenvalue weighted by Gasteiger charge is 2.60. The van der Waals surface area contributed by atoms with E-state index in [-0.39, 0.29) is 50.2 Å². The van der Waals surface area contributed by atoms with Gasteiger partial charge < -0.3 is 19.3 Å². The number of aliphatic hydroxyl groups is 1. The number of hydrogen-bond donors (Lipinski definition) is 1. The van der Waals surface area contributed by atoms with E-state index in [4.69, 9.17) is 14.2 Å². The smallest absolute Gasteiger partial charge is 0.317 e. The quantitative estimate of drug-likeness (QED) is 0.257. The van der Waals surface area contributed by atoms with E-state index < -0.39 is 35.8 Å². The van der Waals surface area contributed by atoms with Gasteiger partial charge in [-0.3, -0.25) is 24.1 Å². The third kappa shape index (κ3) is 3.49. The van der Waals surface area contributed by atoms with Gasteiger partial charge in [-0.2, -0.15) is 0 Å². The first-order valence-corrected chi connectivity index (χ1v) is 8.89. The fourth-order valence-corrected chi connectivity index (χ4v) is 3.58. The van der Waals surface area contributed by atoms with Crippen LogP contribution in [0.3, 0.4) is 0 Å². The highest BCUT2D eigenvalue weighted by Crippen LogP contribution is 2.45. The monoisotopic (exact) mass is 381 g/mol. The molecule has 148 valence electrons. The molecule has 3 aliphatic heterocycles. The van der Waals surface area contributed by atoms with Crippen LogP contribution in [0.4, 0.5) is 0 Å². The lowest BCUT2D eigenvalue weighted by Crippen LogP contribution is -2.39. The van der Waals surface area contributed by atoms with Gasteiger partial charge in [0.05, 0.1) is 37.3 Å². The van der Waals surface area contributed by atoms with Gasteiger partial charge in [-0.1, -0.05) is 12.2 Å². The van der Waals surface area contributed by atoms with Crippen molar-refractivity contribution in [3.05, 3.63) is 12.2 Å². The predicted molar refractivity (Wildman–Crippen MR) is 88.9 cm³/mol. The van der Waals surface area contributed by atoms with Crippen LogP contribution in [-0.2, 0) is 33.4 Å². The maximum Gasteiger partial charge on any atom is 0.317 e. The van der Waals surface area contributed by atoms with Crippen LogP contribution in [0.1, 0.15) is 20.3 Å². The number of rotatable bonds is 8. The van der Waals surface area contributed by atoms with E-state index >= 15 is 0 Å². The molecule has 0 aromatic carbocycles. The number of amides is 2. The van der Waals surface area contributed by atoms with Gasteiger partial charge in [0.15, 0.2) is 0 Å². The third-order valence-corrected chi connectivity index (χ3v) is 5.20. The number of imide groups is 1. The topological polar surface area (TPSA) is 119 Å². The highest BCUT2D eigenvalue weighted by molar-refractivity contribution is 6.06. The summed E-state index contributed by atoms with van der Waals surface area (Å²) in [5, 5.41) is 9.41.